The molecule has 0 radical (unpaired) electrons. The molecule has 0 bridgehead atoms. The van der Waals surface area contributed by atoms with Crippen LogP contribution < -0.4 is 5.32 Å². The Morgan fingerprint density at radius 2 is 1.94 bits per heavy atom. The fourth-order valence-electron chi connectivity index (χ4n) is 1.26. The van der Waals surface area contributed by atoms with Crippen LogP contribution in [0.15, 0.2) is 30.3 Å². The summed E-state index contributed by atoms with van der Waals surface area (Å²) < 4.78 is 4.36. The molecule has 0 heterocycles. The van der Waals surface area contributed by atoms with E-state index in [1.54, 1.807) is 0 Å². The van der Waals surface area contributed by atoms with Crippen molar-refractivity contribution >= 4 is 11.9 Å². The summed E-state index contributed by atoms with van der Waals surface area (Å²) in [6.07, 6.45) is 0.546. The van der Waals surface area contributed by atoms with E-state index in [0.717, 1.165) is 5.56 Å². The topological polar surface area (TPSA) is 55.4 Å². The second-order valence-corrected chi connectivity index (χ2v) is 3.37. The Labute approximate surface area is 94.6 Å². The molecule has 16 heavy (non-hydrogen) atoms. The number of alkyl carbamates (subject to hydrolysis) is 1. The number of rotatable bonds is 5. The van der Waals surface area contributed by atoms with Crippen molar-refractivity contribution in [2.24, 2.45) is 0 Å². The molecule has 0 fully saturated rings. The number of hydrogen-bond donors (Lipinski definition) is 1. The number of benzene rings is 1. The van der Waals surface area contributed by atoms with Gasteiger partial charge in [-0.05, 0) is 12.0 Å². The molecule has 0 atom stereocenters. The first-order chi connectivity index (χ1) is 7.72. The molecule has 1 rings (SSSR count). The van der Waals surface area contributed by atoms with Gasteiger partial charge in [0, 0.05) is 6.42 Å². The SMILES string of the molecule is COC(=O)NCC(=O)CCc1ccccc1. The minimum atomic E-state index is -0.576. The zero-order valence-electron chi connectivity index (χ0n) is 9.23. The van der Waals surface area contributed by atoms with Gasteiger partial charge in [-0.2, -0.15) is 0 Å². The van der Waals surface area contributed by atoms with Crippen molar-refractivity contribution in [3.8, 4) is 0 Å². The molecule has 0 aliphatic carbocycles. The van der Waals surface area contributed by atoms with E-state index in [0.29, 0.717) is 12.8 Å². The first-order valence-corrected chi connectivity index (χ1v) is 5.10. The van der Waals surface area contributed by atoms with Crippen molar-refractivity contribution in [3.63, 3.8) is 0 Å². The molecule has 1 aromatic carbocycles. The fraction of sp³-hybridized carbons (Fsp3) is 0.333. The summed E-state index contributed by atoms with van der Waals surface area (Å²) in [5.41, 5.74) is 1.12. The molecule has 4 nitrogen and oxygen atoms in total. The van der Waals surface area contributed by atoms with Crippen LogP contribution >= 0.6 is 0 Å². The second-order valence-electron chi connectivity index (χ2n) is 3.37. The van der Waals surface area contributed by atoms with Crippen LogP contribution in [0.3, 0.4) is 0 Å². The number of nitrogens with one attached hydrogen (secondary N) is 1. The molecule has 1 amide bonds. The fourth-order valence-corrected chi connectivity index (χ4v) is 1.26. The molecular formula is C12H15NO3. The molecule has 0 aliphatic heterocycles. The number of carbonyl (C=O) groups excluding carboxylic acids is 2. The molecule has 0 unspecified atom stereocenters. The van der Waals surface area contributed by atoms with Crippen molar-refractivity contribution in [2.75, 3.05) is 13.7 Å². The summed E-state index contributed by atoms with van der Waals surface area (Å²) in [5.74, 6) is -0.00532. The van der Waals surface area contributed by atoms with Crippen molar-refractivity contribution in [1.82, 2.24) is 5.32 Å². The molecule has 4 heteroatoms. The van der Waals surface area contributed by atoms with Gasteiger partial charge < -0.3 is 10.1 Å². The standard InChI is InChI=1S/C12H15NO3/c1-16-12(15)13-9-11(14)8-7-10-5-3-2-4-6-10/h2-6H,7-9H2,1H3,(H,13,15). The number of methoxy groups -OCH3 is 1. The zero-order chi connectivity index (χ0) is 11.8. The van der Waals surface area contributed by atoms with E-state index in [2.05, 4.69) is 10.1 Å². The quantitative estimate of drug-likeness (QED) is 0.820. The molecule has 0 saturated heterocycles. The number of ether oxygens (including phenoxy) is 1. The smallest absolute Gasteiger partial charge is 0.407 e. The van der Waals surface area contributed by atoms with Crippen LogP contribution in [-0.2, 0) is 16.0 Å². The van der Waals surface area contributed by atoms with Crippen LogP contribution in [-0.4, -0.2) is 25.5 Å². The lowest BCUT2D eigenvalue weighted by molar-refractivity contribution is -0.118. The normalized spacial score (nSPS) is 9.56. The lowest BCUT2D eigenvalue weighted by Gasteiger charge is -2.03. The molecule has 86 valence electrons. The average Bonchev–Trinajstić information content (AvgIpc) is 2.34. The molecule has 0 aliphatic rings. The third-order valence-electron chi connectivity index (χ3n) is 2.15. The van der Waals surface area contributed by atoms with Gasteiger partial charge in [0.05, 0.1) is 13.7 Å². The number of Topliss-reactive ketones (excluding diaryl/α,β-unsaturated/α-hetero) is 1. The van der Waals surface area contributed by atoms with Crippen LogP contribution in [0.25, 0.3) is 0 Å². The van der Waals surface area contributed by atoms with Gasteiger partial charge in [-0.3, -0.25) is 4.79 Å². The summed E-state index contributed by atoms with van der Waals surface area (Å²) in [6.45, 7) is 0.0273. The number of aryl methyl sites for hydroxylation is 1. The molecule has 1 aromatic rings. The number of amides is 1. The van der Waals surface area contributed by atoms with Crippen molar-refractivity contribution in [2.45, 2.75) is 12.8 Å². The molecule has 0 spiro atoms. The van der Waals surface area contributed by atoms with Gasteiger partial charge in [0.15, 0.2) is 5.78 Å². The van der Waals surface area contributed by atoms with Gasteiger partial charge in [-0.25, -0.2) is 4.79 Å². The Morgan fingerprint density at radius 1 is 1.25 bits per heavy atom. The number of hydrogen-bond acceptors (Lipinski definition) is 3. The van der Waals surface area contributed by atoms with Crippen LogP contribution in [0.2, 0.25) is 0 Å². The highest BCUT2D eigenvalue weighted by atomic mass is 16.5. The van der Waals surface area contributed by atoms with Crippen molar-refractivity contribution < 1.29 is 14.3 Å². The van der Waals surface area contributed by atoms with E-state index in [9.17, 15) is 9.59 Å². The first-order valence-electron chi connectivity index (χ1n) is 5.10. The van der Waals surface area contributed by atoms with Gasteiger partial charge in [0.1, 0.15) is 0 Å². The third-order valence-corrected chi connectivity index (χ3v) is 2.15. The van der Waals surface area contributed by atoms with E-state index in [-0.39, 0.29) is 12.3 Å². The van der Waals surface area contributed by atoms with Gasteiger partial charge in [-0.1, -0.05) is 30.3 Å². The van der Waals surface area contributed by atoms with E-state index < -0.39 is 6.09 Å². The highest BCUT2D eigenvalue weighted by molar-refractivity contribution is 5.84. The highest BCUT2D eigenvalue weighted by Crippen LogP contribution is 2.02. The predicted molar refractivity (Wildman–Crippen MR) is 60.2 cm³/mol. The van der Waals surface area contributed by atoms with Gasteiger partial charge in [0.2, 0.25) is 0 Å². The lowest BCUT2D eigenvalue weighted by atomic mass is 10.1. The van der Waals surface area contributed by atoms with Crippen molar-refractivity contribution in [1.29, 1.82) is 0 Å². The van der Waals surface area contributed by atoms with Crippen molar-refractivity contribution in [3.05, 3.63) is 35.9 Å². The Balaban J connectivity index is 2.23. The van der Waals surface area contributed by atoms with Crippen LogP contribution in [0.1, 0.15) is 12.0 Å². The summed E-state index contributed by atoms with van der Waals surface area (Å²) in [5, 5.41) is 2.36. The second kappa shape index (κ2) is 6.61. The molecule has 0 saturated carbocycles. The first kappa shape index (κ1) is 12.2. The Hall–Kier alpha value is -1.84. The Kier molecular flexibility index (Phi) is 5.05. The highest BCUT2D eigenvalue weighted by Gasteiger charge is 2.05. The van der Waals surface area contributed by atoms with E-state index in [4.69, 9.17) is 0 Å². The number of carbonyl (C=O) groups is 2. The van der Waals surface area contributed by atoms with Gasteiger partial charge >= 0.3 is 6.09 Å². The molecule has 1 N–H and O–H groups in total. The summed E-state index contributed by atoms with van der Waals surface area (Å²) in [4.78, 5) is 22.1. The maximum absolute atomic E-state index is 11.4. The predicted octanol–water partition coefficient (Wildman–Crippen LogP) is 1.54. The third kappa shape index (κ3) is 4.59. The van der Waals surface area contributed by atoms with E-state index in [1.807, 2.05) is 30.3 Å². The number of ketones is 1. The average molecular weight is 221 g/mol. The van der Waals surface area contributed by atoms with E-state index in [1.165, 1.54) is 7.11 Å². The van der Waals surface area contributed by atoms with Crippen LogP contribution in [0.5, 0.6) is 0 Å². The molecular weight excluding hydrogens is 206 g/mol. The lowest BCUT2D eigenvalue weighted by Crippen LogP contribution is -2.29. The molecule has 0 aromatic heterocycles. The Morgan fingerprint density at radius 3 is 2.56 bits per heavy atom. The largest absolute Gasteiger partial charge is 0.453 e. The minimum Gasteiger partial charge on any atom is -0.453 e. The maximum Gasteiger partial charge on any atom is 0.407 e. The van der Waals surface area contributed by atoms with E-state index >= 15 is 0 Å². The zero-order valence-corrected chi connectivity index (χ0v) is 9.23. The van der Waals surface area contributed by atoms with Gasteiger partial charge in [0.25, 0.3) is 0 Å². The van der Waals surface area contributed by atoms with Crippen LogP contribution in [0.4, 0.5) is 4.79 Å². The maximum atomic E-state index is 11.4. The Bertz CT molecular complexity index is 349. The summed E-state index contributed by atoms with van der Waals surface area (Å²) in [6, 6.07) is 9.76. The van der Waals surface area contributed by atoms with Crippen LogP contribution in [0, 0.1) is 0 Å². The minimum absolute atomic E-state index is 0.00532. The van der Waals surface area contributed by atoms with Gasteiger partial charge in [-0.15, -0.1) is 0 Å². The monoisotopic (exact) mass is 221 g/mol. The summed E-state index contributed by atoms with van der Waals surface area (Å²) >= 11 is 0. The summed E-state index contributed by atoms with van der Waals surface area (Å²) in [7, 11) is 1.27.